The van der Waals surface area contributed by atoms with Crippen LogP contribution in [0.2, 0.25) is 0 Å². The Labute approximate surface area is 225 Å². The van der Waals surface area contributed by atoms with Crippen LogP contribution in [0, 0.1) is 6.92 Å². The summed E-state index contributed by atoms with van der Waals surface area (Å²) in [6.45, 7) is 4.45. The van der Waals surface area contributed by atoms with E-state index in [2.05, 4.69) is 4.90 Å². The summed E-state index contributed by atoms with van der Waals surface area (Å²) in [7, 11) is 3.43. The molecule has 4 rings (SSSR count). The normalized spacial score (nSPS) is 28.1. The van der Waals surface area contributed by atoms with Crippen LogP contribution in [0.5, 0.6) is 11.5 Å². The third-order valence-corrected chi connectivity index (χ3v) is 8.19. The van der Waals surface area contributed by atoms with Gasteiger partial charge < -0.3 is 39.2 Å². The third kappa shape index (κ3) is 4.71. The molecule has 1 aromatic carbocycles. The molecule has 1 fully saturated rings. The number of nitrogens with zero attached hydrogens (tertiary/aromatic N) is 1. The summed E-state index contributed by atoms with van der Waals surface area (Å²) in [5.41, 5.74) is -0.699. The Bertz CT molecular complexity index is 1230. The zero-order valence-corrected chi connectivity index (χ0v) is 22.3. The number of benzene rings is 1. The van der Waals surface area contributed by atoms with E-state index in [1.54, 1.807) is 12.1 Å². The smallest absolute Gasteiger partial charge is 0.353 e. The maximum Gasteiger partial charge on any atom is 0.353 e. The number of carboxylic acids is 2. The summed E-state index contributed by atoms with van der Waals surface area (Å²) in [5.74, 6) is -3.89. The summed E-state index contributed by atoms with van der Waals surface area (Å²) in [6.07, 6.45) is -2.58. The highest BCUT2D eigenvalue weighted by Crippen LogP contribution is 2.62. The predicted octanol–water partition coefficient (Wildman–Crippen LogP) is 1.54. The first-order chi connectivity index (χ1) is 18.4. The summed E-state index contributed by atoms with van der Waals surface area (Å²) >= 11 is 0. The SMILES string of the molecule is COc1ccc(C)c2c1O[C@H]1C(OC(=O)[C@H](CC(=O)O)OC(=O)CCC(=O)O)=CC[C@@]3(O)[C@@H](C)N(C)CC[C@]213. The van der Waals surface area contributed by atoms with Gasteiger partial charge in [-0.15, -0.1) is 0 Å². The van der Waals surface area contributed by atoms with Gasteiger partial charge in [-0.05, 0) is 51.6 Å². The fourth-order valence-corrected chi connectivity index (χ4v) is 6.10. The molecule has 12 nitrogen and oxygen atoms in total. The number of rotatable bonds is 9. The minimum absolute atomic E-state index is 0.0658. The number of aryl methyl sites for hydroxylation is 1. The molecule has 3 N–H and O–H groups in total. The number of carboxylic acid groups (broad SMARTS) is 2. The molecule has 3 aliphatic rings. The van der Waals surface area contributed by atoms with Gasteiger partial charge >= 0.3 is 23.9 Å². The molecule has 0 saturated carbocycles. The summed E-state index contributed by atoms with van der Waals surface area (Å²) in [6, 6.07) is 3.34. The summed E-state index contributed by atoms with van der Waals surface area (Å²) in [5, 5.41) is 30.4. The molecule has 0 unspecified atom stereocenters. The topological polar surface area (TPSA) is 169 Å². The van der Waals surface area contributed by atoms with Crippen LogP contribution in [0.4, 0.5) is 0 Å². The average molecular weight is 548 g/mol. The van der Waals surface area contributed by atoms with Crippen molar-refractivity contribution in [3.63, 3.8) is 0 Å². The minimum atomic E-state index is -1.81. The van der Waals surface area contributed by atoms with E-state index in [1.165, 1.54) is 7.11 Å². The van der Waals surface area contributed by atoms with Crippen LogP contribution in [-0.4, -0.2) is 88.6 Å². The molecule has 1 aromatic rings. The second kappa shape index (κ2) is 10.5. The lowest BCUT2D eigenvalue weighted by molar-refractivity contribution is -0.175. The molecule has 0 bridgehead atoms. The molecule has 0 aromatic heterocycles. The van der Waals surface area contributed by atoms with Gasteiger partial charge in [0.05, 0.1) is 37.4 Å². The Balaban J connectivity index is 1.71. The van der Waals surface area contributed by atoms with Crippen molar-refractivity contribution >= 4 is 23.9 Å². The van der Waals surface area contributed by atoms with Crippen molar-refractivity contribution in [1.29, 1.82) is 0 Å². The van der Waals surface area contributed by atoms with E-state index < -0.39 is 66.4 Å². The number of ether oxygens (including phenoxy) is 4. The monoisotopic (exact) mass is 547 g/mol. The lowest BCUT2D eigenvalue weighted by atomic mass is 9.54. The van der Waals surface area contributed by atoms with Gasteiger partial charge in [-0.3, -0.25) is 14.4 Å². The number of esters is 2. The van der Waals surface area contributed by atoms with E-state index in [-0.39, 0.29) is 18.2 Å². The Morgan fingerprint density at radius 2 is 1.90 bits per heavy atom. The molecular weight excluding hydrogens is 514 g/mol. The van der Waals surface area contributed by atoms with E-state index in [0.29, 0.717) is 24.5 Å². The lowest BCUT2D eigenvalue weighted by Crippen LogP contribution is -2.71. The zero-order chi connectivity index (χ0) is 28.7. The highest BCUT2D eigenvalue weighted by molar-refractivity contribution is 5.85. The fourth-order valence-electron chi connectivity index (χ4n) is 6.10. The third-order valence-electron chi connectivity index (χ3n) is 8.19. The van der Waals surface area contributed by atoms with Crippen LogP contribution >= 0.6 is 0 Å². The summed E-state index contributed by atoms with van der Waals surface area (Å²) in [4.78, 5) is 49.5. The molecule has 2 heterocycles. The van der Waals surface area contributed by atoms with E-state index in [0.717, 1.165) is 11.1 Å². The standard InChI is InChI=1S/C27H33NO11/c1-14-5-6-16(36-4)23-22(14)26-11-12-28(3)15(2)27(26,35)10-9-17(24(26)39-23)38-25(34)18(13-20(31)32)37-21(33)8-7-19(29)30/h5-6,9,15,18,24,35H,7-8,10-13H2,1-4H3,(H,29,30)(H,31,32)/t15-,18+,24+,26+,27-/m1/s1. The number of methoxy groups -OCH3 is 1. The van der Waals surface area contributed by atoms with Crippen molar-refractivity contribution < 1.29 is 53.4 Å². The minimum Gasteiger partial charge on any atom is -0.493 e. The Kier molecular flexibility index (Phi) is 7.63. The van der Waals surface area contributed by atoms with Gasteiger partial charge in [-0.2, -0.15) is 0 Å². The maximum absolute atomic E-state index is 13.2. The highest BCUT2D eigenvalue weighted by atomic mass is 16.6. The van der Waals surface area contributed by atoms with Gasteiger partial charge in [-0.1, -0.05) is 6.07 Å². The molecule has 2 aliphatic heterocycles. The number of likely N-dealkylation sites (N-methyl/N-ethyl adjacent to an activating group) is 1. The molecule has 39 heavy (non-hydrogen) atoms. The Hall–Kier alpha value is -3.64. The molecular formula is C27H33NO11. The molecule has 0 radical (unpaired) electrons. The van der Waals surface area contributed by atoms with Crippen molar-refractivity contribution in [3.05, 3.63) is 35.1 Å². The molecule has 1 spiro atoms. The number of aliphatic hydroxyl groups is 1. The number of carbonyl (C=O) groups excluding carboxylic acids is 2. The van der Waals surface area contributed by atoms with Crippen molar-refractivity contribution in [3.8, 4) is 11.5 Å². The molecule has 12 heteroatoms. The van der Waals surface area contributed by atoms with Gasteiger partial charge in [0.25, 0.3) is 0 Å². The summed E-state index contributed by atoms with van der Waals surface area (Å²) < 4.78 is 22.6. The number of aliphatic carboxylic acids is 2. The zero-order valence-electron chi connectivity index (χ0n) is 22.3. The van der Waals surface area contributed by atoms with Crippen LogP contribution in [-0.2, 0) is 34.1 Å². The number of likely N-dealkylation sites (tertiary alicyclic amines) is 1. The highest BCUT2D eigenvalue weighted by Gasteiger charge is 2.69. The van der Waals surface area contributed by atoms with Crippen LogP contribution in [0.25, 0.3) is 0 Å². The molecule has 212 valence electrons. The van der Waals surface area contributed by atoms with Crippen LogP contribution in [0.1, 0.15) is 50.2 Å². The van der Waals surface area contributed by atoms with Gasteiger partial charge in [0.15, 0.2) is 17.6 Å². The van der Waals surface area contributed by atoms with E-state index >= 15 is 0 Å². The average Bonchev–Trinajstić information content (AvgIpc) is 3.24. The first-order valence-electron chi connectivity index (χ1n) is 12.7. The van der Waals surface area contributed by atoms with Crippen LogP contribution in [0.15, 0.2) is 24.0 Å². The first-order valence-corrected chi connectivity index (χ1v) is 12.7. The number of piperidine rings is 1. The van der Waals surface area contributed by atoms with Crippen molar-refractivity contribution in [2.24, 2.45) is 0 Å². The van der Waals surface area contributed by atoms with Gasteiger partial charge in [0.1, 0.15) is 5.76 Å². The molecule has 1 saturated heterocycles. The van der Waals surface area contributed by atoms with Crippen LogP contribution < -0.4 is 9.47 Å². The van der Waals surface area contributed by atoms with Gasteiger partial charge in [0, 0.05) is 18.0 Å². The quantitative estimate of drug-likeness (QED) is 0.382. The molecule has 1 aliphatic carbocycles. The maximum atomic E-state index is 13.2. The molecule has 0 amide bonds. The fraction of sp³-hybridized carbons (Fsp3) is 0.556. The number of carbonyl (C=O) groups is 4. The van der Waals surface area contributed by atoms with Crippen molar-refractivity contribution in [2.45, 2.75) is 75.2 Å². The van der Waals surface area contributed by atoms with Crippen molar-refractivity contribution in [2.75, 3.05) is 20.7 Å². The number of hydrogen-bond donors (Lipinski definition) is 3. The predicted molar refractivity (Wildman–Crippen MR) is 133 cm³/mol. The second-order valence-corrected chi connectivity index (χ2v) is 10.3. The lowest BCUT2D eigenvalue weighted by Gasteiger charge is -2.58. The van der Waals surface area contributed by atoms with Gasteiger partial charge in [0.2, 0.25) is 6.10 Å². The largest absolute Gasteiger partial charge is 0.493 e. The van der Waals surface area contributed by atoms with Crippen molar-refractivity contribution in [1.82, 2.24) is 4.90 Å². The Morgan fingerprint density at radius 1 is 1.18 bits per heavy atom. The van der Waals surface area contributed by atoms with E-state index in [9.17, 15) is 29.4 Å². The van der Waals surface area contributed by atoms with E-state index in [4.69, 9.17) is 24.1 Å². The number of hydrogen-bond acceptors (Lipinski definition) is 10. The van der Waals surface area contributed by atoms with E-state index in [1.807, 2.05) is 27.0 Å². The first kappa shape index (κ1) is 28.4. The molecule has 5 atom stereocenters. The van der Waals surface area contributed by atoms with Crippen LogP contribution in [0.3, 0.4) is 0 Å². The Morgan fingerprint density at radius 3 is 2.54 bits per heavy atom. The van der Waals surface area contributed by atoms with Gasteiger partial charge in [-0.25, -0.2) is 4.79 Å². The second-order valence-electron chi connectivity index (χ2n) is 10.3. The number of fused-ring (bicyclic) bond motifs is 1.